The summed E-state index contributed by atoms with van der Waals surface area (Å²) < 4.78 is 38.3. The van der Waals surface area contributed by atoms with E-state index in [-0.39, 0.29) is 4.64 Å². The molecule has 100 valence electrons. The van der Waals surface area contributed by atoms with Crippen molar-refractivity contribution in [1.29, 1.82) is 0 Å². The van der Waals surface area contributed by atoms with Gasteiger partial charge in [0.05, 0.1) is 5.56 Å². The summed E-state index contributed by atoms with van der Waals surface area (Å²) in [5.41, 5.74) is 1.43. The highest BCUT2D eigenvalue weighted by Crippen LogP contribution is 2.31. The number of pyridine rings is 1. The van der Waals surface area contributed by atoms with Crippen LogP contribution in [0.15, 0.2) is 36.4 Å². The van der Waals surface area contributed by atoms with Gasteiger partial charge in [-0.2, -0.15) is 13.2 Å². The molecule has 0 saturated carbocycles. The third-order valence-corrected chi connectivity index (χ3v) is 3.04. The number of rotatable bonds is 2. The maximum absolute atomic E-state index is 12.7. The van der Waals surface area contributed by atoms with Gasteiger partial charge in [0.1, 0.15) is 4.64 Å². The number of aromatic nitrogens is 1. The van der Waals surface area contributed by atoms with Gasteiger partial charge >= 0.3 is 6.18 Å². The lowest BCUT2D eigenvalue weighted by atomic mass is 10.0. The number of alkyl halides is 3. The van der Waals surface area contributed by atoms with E-state index in [1.807, 2.05) is 25.1 Å². The van der Waals surface area contributed by atoms with Gasteiger partial charge in [0.25, 0.3) is 0 Å². The Labute approximate surface area is 114 Å². The third-order valence-electron chi connectivity index (χ3n) is 2.82. The Kier molecular flexibility index (Phi) is 3.75. The molecule has 0 atom stereocenters. The molecule has 0 radical (unpaired) electrons. The second kappa shape index (κ2) is 5.17. The van der Waals surface area contributed by atoms with Crippen LogP contribution in [0.2, 0.25) is 0 Å². The number of aryl methyl sites for hydroxylation is 1. The van der Waals surface area contributed by atoms with Crippen LogP contribution in [0.25, 0.3) is 11.3 Å². The predicted molar refractivity (Wildman–Crippen MR) is 71.4 cm³/mol. The third kappa shape index (κ3) is 3.23. The van der Waals surface area contributed by atoms with Crippen molar-refractivity contribution in [3.8, 4) is 11.3 Å². The van der Waals surface area contributed by atoms with Crippen molar-refractivity contribution in [1.82, 2.24) is 4.98 Å². The van der Waals surface area contributed by atoms with Gasteiger partial charge in [-0.3, -0.25) is 0 Å². The zero-order valence-corrected chi connectivity index (χ0v) is 11.0. The van der Waals surface area contributed by atoms with E-state index < -0.39 is 11.7 Å². The normalized spacial score (nSPS) is 11.6. The number of hydrogen-bond donors (Lipinski definition) is 1. The maximum Gasteiger partial charge on any atom is 0.416 e. The van der Waals surface area contributed by atoms with Crippen LogP contribution >= 0.6 is 12.2 Å². The molecule has 19 heavy (non-hydrogen) atoms. The van der Waals surface area contributed by atoms with E-state index in [9.17, 15) is 13.2 Å². The zero-order chi connectivity index (χ0) is 14.0. The molecule has 0 aliphatic heterocycles. The van der Waals surface area contributed by atoms with Gasteiger partial charge in [0.15, 0.2) is 0 Å². The minimum atomic E-state index is -4.39. The Balaban J connectivity index is 2.56. The quantitative estimate of drug-likeness (QED) is 0.767. The molecule has 0 saturated heterocycles. The summed E-state index contributed by atoms with van der Waals surface area (Å²) in [6, 6.07) is 9.41. The van der Waals surface area contributed by atoms with Gasteiger partial charge in [0.2, 0.25) is 0 Å². The number of H-pyrrole nitrogens is 1. The standard InChI is InChI=1S/C14H12F3NS/c1-2-9-4-3-5-10(6-9)12-7-11(14(15,16)17)8-13(19)18-12/h3-8H,2H2,1H3,(H,18,19). The molecule has 0 aliphatic rings. The second-order valence-electron chi connectivity index (χ2n) is 4.20. The van der Waals surface area contributed by atoms with Crippen LogP contribution < -0.4 is 0 Å². The lowest BCUT2D eigenvalue weighted by molar-refractivity contribution is -0.137. The molecule has 0 bridgehead atoms. The van der Waals surface area contributed by atoms with Crippen molar-refractivity contribution in [2.45, 2.75) is 19.5 Å². The molecule has 1 aromatic heterocycles. The summed E-state index contributed by atoms with van der Waals surface area (Å²) in [4.78, 5) is 2.80. The Morgan fingerprint density at radius 1 is 1.16 bits per heavy atom. The van der Waals surface area contributed by atoms with Crippen molar-refractivity contribution in [2.24, 2.45) is 0 Å². The molecule has 1 nitrogen and oxygen atoms in total. The average Bonchev–Trinajstić information content (AvgIpc) is 2.37. The number of hydrogen-bond acceptors (Lipinski definition) is 1. The molecule has 0 fully saturated rings. The van der Waals surface area contributed by atoms with Crippen molar-refractivity contribution >= 4 is 12.2 Å². The molecule has 0 amide bonds. The van der Waals surface area contributed by atoms with E-state index in [1.54, 1.807) is 6.07 Å². The minimum Gasteiger partial charge on any atom is -0.346 e. The van der Waals surface area contributed by atoms with E-state index in [0.29, 0.717) is 11.3 Å². The van der Waals surface area contributed by atoms with Crippen LogP contribution in [0.1, 0.15) is 18.1 Å². The van der Waals surface area contributed by atoms with Gasteiger partial charge in [-0.25, -0.2) is 0 Å². The summed E-state index contributed by atoms with van der Waals surface area (Å²) in [5.74, 6) is 0. The van der Waals surface area contributed by atoms with Crippen LogP contribution in [0.4, 0.5) is 13.2 Å². The van der Waals surface area contributed by atoms with E-state index in [0.717, 1.165) is 24.1 Å². The first-order chi connectivity index (χ1) is 8.90. The summed E-state index contributed by atoms with van der Waals surface area (Å²) in [7, 11) is 0. The van der Waals surface area contributed by atoms with Crippen molar-refractivity contribution in [3.05, 3.63) is 52.2 Å². The van der Waals surface area contributed by atoms with E-state index >= 15 is 0 Å². The monoisotopic (exact) mass is 283 g/mol. The van der Waals surface area contributed by atoms with E-state index in [2.05, 4.69) is 4.98 Å². The molecule has 2 rings (SSSR count). The van der Waals surface area contributed by atoms with Gasteiger partial charge in [0, 0.05) is 5.69 Å². The molecule has 2 aromatic rings. The lowest BCUT2D eigenvalue weighted by Crippen LogP contribution is -2.05. The number of nitrogens with one attached hydrogen (secondary N) is 1. The number of aromatic amines is 1. The Bertz CT molecular complexity index is 644. The second-order valence-corrected chi connectivity index (χ2v) is 4.64. The molecular weight excluding hydrogens is 271 g/mol. The number of halogens is 3. The Morgan fingerprint density at radius 3 is 2.53 bits per heavy atom. The molecule has 1 heterocycles. The highest BCUT2D eigenvalue weighted by Gasteiger charge is 2.31. The average molecular weight is 283 g/mol. The smallest absolute Gasteiger partial charge is 0.346 e. The topological polar surface area (TPSA) is 15.8 Å². The van der Waals surface area contributed by atoms with Gasteiger partial charge in [-0.15, -0.1) is 0 Å². The first-order valence-electron chi connectivity index (χ1n) is 5.81. The van der Waals surface area contributed by atoms with Crippen LogP contribution in [-0.2, 0) is 12.6 Å². The molecule has 1 N–H and O–H groups in total. The zero-order valence-electron chi connectivity index (χ0n) is 10.2. The fraction of sp³-hybridized carbons (Fsp3) is 0.214. The predicted octanol–water partition coefficient (Wildman–Crippen LogP) is 4.99. The van der Waals surface area contributed by atoms with Crippen molar-refractivity contribution in [3.63, 3.8) is 0 Å². The van der Waals surface area contributed by atoms with Gasteiger partial charge in [-0.05, 0) is 35.7 Å². The minimum absolute atomic E-state index is 0.0757. The SMILES string of the molecule is CCc1cccc(-c2cc(C(F)(F)F)cc(=S)[nH]2)c1. The van der Waals surface area contributed by atoms with Gasteiger partial charge in [-0.1, -0.05) is 37.3 Å². The summed E-state index contributed by atoms with van der Waals surface area (Å²) in [6.45, 7) is 1.99. The fourth-order valence-electron chi connectivity index (χ4n) is 1.82. The van der Waals surface area contributed by atoms with Crippen molar-refractivity contribution in [2.75, 3.05) is 0 Å². The van der Waals surface area contributed by atoms with Crippen LogP contribution in [0.5, 0.6) is 0 Å². The fourth-order valence-corrected chi connectivity index (χ4v) is 2.06. The van der Waals surface area contributed by atoms with Crippen molar-refractivity contribution < 1.29 is 13.2 Å². The number of benzene rings is 1. The Hall–Kier alpha value is -1.62. The van der Waals surface area contributed by atoms with E-state index in [4.69, 9.17) is 12.2 Å². The Morgan fingerprint density at radius 2 is 1.89 bits per heavy atom. The molecule has 0 spiro atoms. The summed E-state index contributed by atoms with van der Waals surface area (Å²) in [6.07, 6.45) is -3.56. The highest BCUT2D eigenvalue weighted by atomic mass is 32.1. The van der Waals surface area contributed by atoms with Gasteiger partial charge < -0.3 is 4.98 Å². The molecule has 5 heteroatoms. The van der Waals surface area contributed by atoms with E-state index in [1.165, 1.54) is 0 Å². The molecule has 0 unspecified atom stereocenters. The molecule has 1 aromatic carbocycles. The lowest BCUT2D eigenvalue weighted by Gasteiger charge is -2.10. The highest BCUT2D eigenvalue weighted by molar-refractivity contribution is 7.71. The largest absolute Gasteiger partial charge is 0.416 e. The molecular formula is C14H12F3NS. The first kappa shape index (κ1) is 13.8. The summed E-state index contributed by atoms with van der Waals surface area (Å²) >= 11 is 4.86. The maximum atomic E-state index is 12.7. The summed E-state index contributed by atoms with van der Waals surface area (Å²) in [5, 5.41) is 0. The van der Waals surface area contributed by atoms with Crippen LogP contribution in [-0.4, -0.2) is 4.98 Å². The first-order valence-corrected chi connectivity index (χ1v) is 6.22. The van der Waals surface area contributed by atoms with Crippen LogP contribution in [0.3, 0.4) is 0 Å². The van der Waals surface area contributed by atoms with Crippen LogP contribution in [0, 0.1) is 4.64 Å². The molecule has 0 aliphatic carbocycles.